The van der Waals surface area contributed by atoms with Gasteiger partial charge in [0.2, 0.25) is 11.8 Å². The van der Waals surface area contributed by atoms with Crippen molar-refractivity contribution in [3.63, 3.8) is 0 Å². The average Bonchev–Trinajstić information content (AvgIpc) is 2.56. The van der Waals surface area contributed by atoms with E-state index in [-0.39, 0.29) is 18.1 Å². The molecule has 6 heteroatoms. The van der Waals surface area contributed by atoms with Gasteiger partial charge in [-0.05, 0) is 57.5 Å². The van der Waals surface area contributed by atoms with Gasteiger partial charge in [0.05, 0.1) is 18.3 Å². The molecule has 1 unspecified atom stereocenters. The summed E-state index contributed by atoms with van der Waals surface area (Å²) in [6.45, 7) is 9.66. The molecule has 0 aliphatic heterocycles. The fourth-order valence-electron chi connectivity index (χ4n) is 2.32. The Hall–Kier alpha value is -2.76. The van der Waals surface area contributed by atoms with E-state index in [1.165, 1.54) is 6.92 Å². The predicted octanol–water partition coefficient (Wildman–Crippen LogP) is 3.87. The highest BCUT2D eigenvalue weighted by Crippen LogP contribution is 2.28. The van der Waals surface area contributed by atoms with Crippen molar-refractivity contribution in [1.29, 1.82) is 0 Å². The second-order valence-corrected chi connectivity index (χ2v) is 6.44. The molecule has 1 aromatic heterocycles. The molecule has 0 spiro atoms. The minimum absolute atomic E-state index is 0.0560. The molecule has 1 heterocycles. The van der Waals surface area contributed by atoms with E-state index in [1.54, 1.807) is 12.3 Å². The number of ether oxygens (including phenoxy) is 3. The highest BCUT2D eigenvalue weighted by atomic mass is 16.5. The number of pyridine rings is 1. The smallest absolute Gasteiger partial charge is 0.219 e. The molecule has 0 aliphatic rings. The van der Waals surface area contributed by atoms with Crippen molar-refractivity contribution in [3.05, 3.63) is 42.1 Å². The number of hydrogen-bond acceptors (Lipinski definition) is 5. The van der Waals surface area contributed by atoms with Crippen molar-refractivity contribution in [3.8, 4) is 23.1 Å². The summed E-state index contributed by atoms with van der Waals surface area (Å²) in [4.78, 5) is 15.3. The Labute approximate surface area is 154 Å². The molecule has 0 radical (unpaired) electrons. The lowest BCUT2D eigenvalue weighted by Crippen LogP contribution is -2.35. The molecule has 1 atom stereocenters. The average molecular weight is 358 g/mol. The Kier molecular flexibility index (Phi) is 6.83. The van der Waals surface area contributed by atoms with Crippen molar-refractivity contribution in [1.82, 2.24) is 10.3 Å². The molecular weight excluding hydrogens is 332 g/mol. The zero-order chi connectivity index (χ0) is 19.1. The molecule has 1 aromatic carbocycles. The van der Waals surface area contributed by atoms with Crippen LogP contribution in [0.1, 0.15) is 33.3 Å². The molecule has 6 nitrogen and oxygen atoms in total. The van der Waals surface area contributed by atoms with Gasteiger partial charge in [-0.2, -0.15) is 0 Å². The minimum Gasteiger partial charge on any atom is -0.491 e. The number of hydrogen-bond donors (Lipinski definition) is 1. The van der Waals surface area contributed by atoms with E-state index in [9.17, 15) is 4.79 Å². The largest absolute Gasteiger partial charge is 0.491 e. The number of carbonyl (C=O) groups is 1. The zero-order valence-electron chi connectivity index (χ0n) is 15.9. The van der Waals surface area contributed by atoms with E-state index >= 15 is 0 Å². The quantitative estimate of drug-likeness (QED) is 0.776. The second-order valence-electron chi connectivity index (χ2n) is 6.44. The molecule has 140 valence electrons. The van der Waals surface area contributed by atoms with Crippen LogP contribution in [-0.4, -0.2) is 29.6 Å². The van der Waals surface area contributed by atoms with Gasteiger partial charge in [-0.25, -0.2) is 4.98 Å². The number of aromatic nitrogens is 1. The normalized spacial score (nSPS) is 11.8. The lowest BCUT2D eigenvalue weighted by molar-refractivity contribution is -0.119. The molecular formula is C20H26N2O4. The van der Waals surface area contributed by atoms with Crippen LogP contribution in [0.4, 0.5) is 0 Å². The van der Waals surface area contributed by atoms with E-state index in [0.717, 1.165) is 11.3 Å². The Morgan fingerprint density at radius 3 is 2.46 bits per heavy atom. The summed E-state index contributed by atoms with van der Waals surface area (Å²) in [5.74, 6) is 2.56. The summed E-state index contributed by atoms with van der Waals surface area (Å²) in [7, 11) is 0. The maximum absolute atomic E-state index is 11.0. The SMILES string of the molecule is CC(=O)NC(C)COc1ccc(Oc2ccc(OC(C)C)cn2)c(C)c1. The predicted molar refractivity (Wildman–Crippen MR) is 100 cm³/mol. The van der Waals surface area contributed by atoms with E-state index < -0.39 is 0 Å². The number of nitrogens with one attached hydrogen (secondary N) is 1. The number of rotatable bonds is 8. The molecule has 0 fully saturated rings. The molecule has 2 rings (SSSR count). The summed E-state index contributed by atoms with van der Waals surface area (Å²) < 4.78 is 17.1. The molecule has 1 N–H and O–H groups in total. The molecule has 26 heavy (non-hydrogen) atoms. The highest BCUT2D eigenvalue weighted by Gasteiger charge is 2.08. The summed E-state index contributed by atoms with van der Waals surface area (Å²) in [5.41, 5.74) is 0.930. The van der Waals surface area contributed by atoms with E-state index in [2.05, 4.69) is 10.3 Å². The third-order valence-electron chi connectivity index (χ3n) is 3.39. The molecule has 0 saturated carbocycles. The van der Waals surface area contributed by atoms with Gasteiger partial charge in [-0.3, -0.25) is 4.79 Å². The molecule has 0 aliphatic carbocycles. The Bertz CT molecular complexity index is 729. The van der Waals surface area contributed by atoms with Gasteiger partial charge in [-0.1, -0.05) is 0 Å². The second kappa shape index (κ2) is 9.08. The highest BCUT2D eigenvalue weighted by molar-refractivity contribution is 5.73. The van der Waals surface area contributed by atoms with Crippen LogP contribution in [0.25, 0.3) is 0 Å². The number of amides is 1. The van der Waals surface area contributed by atoms with Crippen LogP contribution < -0.4 is 19.5 Å². The molecule has 0 bridgehead atoms. The van der Waals surface area contributed by atoms with Crippen LogP contribution in [0.2, 0.25) is 0 Å². The summed E-state index contributed by atoms with van der Waals surface area (Å²) >= 11 is 0. The van der Waals surface area contributed by atoms with Gasteiger partial charge in [0, 0.05) is 13.0 Å². The van der Waals surface area contributed by atoms with Crippen LogP contribution in [0.3, 0.4) is 0 Å². The lowest BCUT2D eigenvalue weighted by atomic mass is 10.2. The first-order valence-corrected chi connectivity index (χ1v) is 8.64. The van der Waals surface area contributed by atoms with Crippen LogP contribution in [-0.2, 0) is 4.79 Å². The zero-order valence-corrected chi connectivity index (χ0v) is 15.9. The van der Waals surface area contributed by atoms with Crippen LogP contribution in [0, 0.1) is 6.92 Å². The number of benzene rings is 1. The Balaban J connectivity index is 1.95. The van der Waals surface area contributed by atoms with E-state index in [4.69, 9.17) is 14.2 Å². The van der Waals surface area contributed by atoms with Crippen LogP contribution in [0.15, 0.2) is 36.5 Å². The maximum atomic E-state index is 11.0. The number of carbonyl (C=O) groups excluding carboxylic acids is 1. The standard InChI is InChI=1S/C20H26N2O4/c1-13(2)25-18-7-9-20(21-11-18)26-19-8-6-17(10-14(19)3)24-12-15(4)22-16(5)23/h6-11,13,15H,12H2,1-5H3,(H,22,23). The molecule has 2 aromatic rings. The Morgan fingerprint density at radius 1 is 1.15 bits per heavy atom. The Morgan fingerprint density at radius 2 is 1.88 bits per heavy atom. The van der Waals surface area contributed by atoms with Gasteiger partial charge in [0.25, 0.3) is 0 Å². The van der Waals surface area contributed by atoms with Gasteiger partial charge >= 0.3 is 0 Å². The monoisotopic (exact) mass is 358 g/mol. The first kappa shape index (κ1) is 19.6. The minimum atomic E-state index is -0.0710. The molecule has 1 amide bonds. The van der Waals surface area contributed by atoms with Gasteiger partial charge in [0.1, 0.15) is 23.9 Å². The van der Waals surface area contributed by atoms with Gasteiger partial charge < -0.3 is 19.5 Å². The van der Waals surface area contributed by atoms with Gasteiger partial charge in [0.15, 0.2) is 0 Å². The van der Waals surface area contributed by atoms with Gasteiger partial charge in [-0.15, -0.1) is 0 Å². The van der Waals surface area contributed by atoms with E-state index in [0.29, 0.717) is 24.0 Å². The van der Waals surface area contributed by atoms with Crippen molar-refractivity contribution in [2.75, 3.05) is 6.61 Å². The van der Waals surface area contributed by atoms with Crippen LogP contribution >= 0.6 is 0 Å². The molecule has 0 saturated heterocycles. The van der Waals surface area contributed by atoms with Crippen molar-refractivity contribution < 1.29 is 19.0 Å². The fourth-order valence-corrected chi connectivity index (χ4v) is 2.32. The maximum Gasteiger partial charge on any atom is 0.219 e. The third kappa shape index (κ3) is 6.27. The van der Waals surface area contributed by atoms with Crippen molar-refractivity contribution in [2.45, 2.75) is 46.8 Å². The van der Waals surface area contributed by atoms with Crippen molar-refractivity contribution >= 4 is 5.91 Å². The summed E-state index contributed by atoms with van der Waals surface area (Å²) in [5, 5.41) is 2.78. The topological polar surface area (TPSA) is 69.7 Å². The number of nitrogens with zero attached hydrogens (tertiary/aromatic N) is 1. The van der Waals surface area contributed by atoms with Crippen LogP contribution in [0.5, 0.6) is 23.1 Å². The first-order chi connectivity index (χ1) is 12.3. The summed E-state index contributed by atoms with van der Waals surface area (Å²) in [6, 6.07) is 9.12. The lowest BCUT2D eigenvalue weighted by Gasteiger charge is -2.15. The number of aryl methyl sites for hydroxylation is 1. The van der Waals surface area contributed by atoms with E-state index in [1.807, 2.05) is 52.0 Å². The first-order valence-electron chi connectivity index (χ1n) is 8.64. The summed E-state index contributed by atoms with van der Waals surface area (Å²) in [6.07, 6.45) is 1.75. The van der Waals surface area contributed by atoms with Crippen molar-refractivity contribution in [2.24, 2.45) is 0 Å². The fraction of sp³-hybridized carbons (Fsp3) is 0.400. The third-order valence-corrected chi connectivity index (χ3v) is 3.39.